The fourth-order valence-electron chi connectivity index (χ4n) is 0.664. The molecule has 6 heteroatoms. The average molecular weight is 200 g/mol. The van der Waals surface area contributed by atoms with Crippen molar-refractivity contribution >= 4 is 29.1 Å². The number of rotatable bonds is 1. The van der Waals surface area contributed by atoms with Gasteiger partial charge in [0, 0.05) is 0 Å². The van der Waals surface area contributed by atoms with E-state index in [1.165, 1.54) is 11.6 Å². The van der Waals surface area contributed by atoms with Gasteiger partial charge in [-0.25, -0.2) is 0 Å². The van der Waals surface area contributed by atoms with E-state index in [2.05, 4.69) is 5.14 Å². The Bertz CT molecular complexity index is 163. The van der Waals surface area contributed by atoms with Gasteiger partial charge in [0.05, 0.1) is 12.2 Å². The van der Waals surface area contributed by atoms with Gasteiger partial charge in [0.1, 0.15) is 0 Å². The van der Waals surface area contributed by atoms with Gasteiger partial charge in [0.25, 0.3) is 0 Å². The van der Waals surface area contributed by atoms with Crippen LogP contribution in [0.5, 0.6) is 0 Å². The first-order valence-electron chi connectivity index (χ1n) is 2.98. The second-order valence-electron chi connectivity index (χ2n) is 2.20. The minimum Gasteiger partial charge on any atom is -0.312 e. The van der Waals surface area contributed by atoms with Crippen LogP contribution in [0.4, 0.5) is 0 Å². The van der Waals surface area contributed by atoms with Crippen molar-refractivity contribution in [3.63, 3.8) is 0 Å². The summed E-state index contributed by atoms with van der Waals surface area (Å²) in [7, 11) is 0. The molecule has 1 rings (SSSR count). The SMILES string of the molecule is CC1OP(=S)(S[NH3+])OC1C. The summed E-state index contributed by atoms with van der Waals surface area (Å²) in [4.78, 5) is 0. The number of quaternary nitrogens is 1. The fourth-order valence-corrected chi connectivity index (χ4v) is 3.99. The molecule has 1 fully saturated rings. The van der Waals surface area contributed by atoms with Crippen molar-refractivity contribution < 1.29 is 14.2 Å². The lowest BCUT2D eigenvalue weighted by molar-refractivity contribution is -0.133. The highest BCUT2D eigenvalue weighted by atomic mass is 32.9. The highest BCUT2D eigenvalue weighted by Crippen LogP contribution is 2.63. The first-order valence-corrected chi connectivity index (χ1v) is 7.21. The summed E-state index contributed by atoms with van der Waals surface area (Å²) in [6.45, 7) is 3.93. The molecule has 60 valence electrons. The molecule has 0 spiro atoms. The third-order valence-corrected chi connectivity index (χ3v) is 5.84. The molecule has 0 radical (unpaired) electrons. The molecule has 3 N–H and O–H groups in total. The Morgan fingerprint density at radius 3 is 2.00 bits per heavy atom. The third-order valence-electron chi connectivity index (χ3n) is 1.41. The lowest BCUT2D eigenvalue weighted by Gasteiger charge is -2.04. The van der Waals surface area contributed by atoms with Gasteiger partial charge in [-0.3, -0.25) is 5.14 Å². The van der Waals surface area contributed by atoms with Gasteiger partial charge in [0.2, 0.25) is 0 Å². The Morgan fingerprint density at radius 2 is 1.80 bits per heavy atom. The summed E-state index contributed by atoms with van der Waals surface area (Å²) in [6, 6.07) is 0. The quantitative estimate of drug-likeness (QED) is 0.505. The molecule has 0 bridgehead atoms. The molecule has 1 aliphatic heterocycles. The van der Waals surface area contributed by atoms with Crippen LogP contribution in [0.15, 0.2) is 0 Å². The molecular weight excluding hydrogens is 189 g/mol. The summed E-state index contributed by atoms with van der Waals surface area (Å²) >= 11 is 6.36. The van der Waals surface area contributed by atoms with Crippen molar-refractivity contribution in [2.24, 2.45) is 0 Å². The smallest absolute Gasteiger partial charge is 0.305 e. The van der Waals surface area contributed by atoms with E-state index in [0.717, 1.165) is 0 Å². The fraction of sp³-hybridized carbons (Fsp3) is 1.00. The zero-order valence-corrected chi connectivity index (χ0v) is 8.47. The van der Waals surface area contributed by atoms with Gasteiger partial charge in [-0.1, -0.05) is 0 Å². The molecule has 1 heterocycles. The third kappa shape index (κ3) is 1.72. The van der Waals surface area contributed by atoms with Crippen molar-refractivity contribution in [3.05, 3.63) is 0 Å². The summed E-state index contributed by atoms with van der Waals surface area (Å²) in [5.41, 5.74) is -2.02. The van der Waals surface area contributed by atoms with Gasteiger partial charge in [-0.2, -0.15) is 0 Å². The van der Waals surface area contributed by atoms with E-state index in [1.54, 1.807) is 0 Å². The summed E-state index contributed by atoms with van der Waals surface area (Å²) < 4.78 is 10.8. The molecule has 10 heavy (non-hydrogen) atoms. The zero-order chi connectivity index (χ0) is 7.78. The summed E-state index contributed by atoms with van der Waals surface area (Å²) in [5, 5.41) is 3.62. The lowest BCUT2D eigenvalue weighted by Crippen LogP contribution is -2.35. The topological polar surface area (TPSA) is 46.1 Å². The second-order valence-corrected chi connectivity index (χ2v) is 8.12. The molecular formula is C4H11NO2PS2+. The Hall–Kier alpha value is 0.880. The molecule has 0 aromatic rings. The first kappa shape index (κ1) is 8.97. The molecule has 0 aromatic carbocycles. The van der Waals surface area contributed by atoms with Crippen LogP contribution >= 0.6 is 17.3 Å². The molecule has 2 atom stereocenters. The zero-order valence-electron chi connectivity index (χ0n) is 5.94. The highest BCUT2D eigenvalue weighted by Gasteiger charge is 2.38. The van der Waals surface area contributed by atoms with E-state index in [0.29, 0.717) is 0 Å². The van der Waals surface area contributed by atoms with E-state index >= 15 is 0 Å². The van der Waals surface area contributed by atoms with Crippen molar-refractivity contribution in [3.8, 4) is 0 Å². The summed E-state index contributed by atoms with van der Waals surface area (Å²) in [6.07, 6.45) is 0.250. The van der Waals surface area contributed by atoms with E-state index in [4.69, 9.17) is 20.9 Å². The van der Waals surface area contributed by atoms with Crippen LogP contribution in [-0.4, -0.2) is 12.2 Å². The van der Waals surface area contributed by atoms with Gasteiger partial charge in [-0.05, 0) is 25.7 Å². The van der Waals surface area contributed by atoms with Crippen molar-refractivity contribution in [1.82, 2.24) is 0 Å². The predicted molar refractivity (Wildman–Crippen MR) is 45.9 cm³/mol. The van der Waals surface area contributed by atoms with Gasteiger partial charge in [0.15, 0.2) is 11.6 Å². The van der Waals surface area contributed by atoms with Crippen molar-refractivity contribution in [2.75, 3.05) is 0 Å². The maximum atomic E-state index is 5.41. The lowest BCUT2D eigenvalue weighted by atomic mass is 10.3. The standard InChI is InChI=1S/C4H10NO2PS2/c1-3-4(2)7-8(9,6-3)10-5/h3-4H,5H2,1-2H3/p+1. The molecule has 0 aliphatic carbocycles. The van der Waals surface area contributed by atoms with Crippen LogP contribution in [0.2, 0.25) is 0 Å². The average Bonchev–Trinajstić information content (AvgIpc) is 2.10. The van der Waals surface area contributed by atoms with Crippen LogP contribution in [0.3, 0.4) is 0 Å². The second kappa shape index (κ2) is 3.09. The molecule has 1 saturated heterocycles. The first-order chi connectivity index (χ1) is 4.57. The maximum absolute atomic E-state index is 5.41. The Kier molecular flexibility index (Phi) is 2.77. The molecule has 0 aromatic heterocycles. The van der Waals surface area contributed by atoms with Gasteiger partial charge < -0.3 is 9.05 Å². The Balaban J connectivity index is 2.64. The Labute approximate surface area is 69.7 Å². The van der Waals surface area contributed by atoms with Crippen molar-refractivity contribution in [1.29, 1.82) is 0 Å². The summed E-state index contributed by atoms with van der Waals surface area (Å²) in [5.74, 6) is 0. The maximum Gasteiger partial charge on any atom is 0.305 e. The highest BCUT2D eigenvalue weighted by molar-refractivity contribution is 8.65. The minimum absolute atomic E-state index is 0.125. The monoisotopic (exact) mass is 200 g/mol. The van der Waals surface area contributed by atoms with E-state index in [1.807, 2.05) is 13.8 Å². The van der Waals surface area contributed by atoms with Crippen LogP contribution in [0.25, 0.3) is 0 Å². The normalized spacial score (nSPS) is 47.9. The van der Waals surface area contributed by atoms with Crippen LogP contribution < -0.4 is 5.14 Å². The Morgan fingerprint density at radius 1 is 1.40 bits per heavy atom. The predicted octanol–water partition coefficient (Wildman–Crippen LogP) is 0.925. The van der Waals surface area contributed by atoms with Gasteiger partial charge in [-0.15, -0.1) is 0 Å². The van der Waals surface area contributed by atoms with Crippen LogP contribution in [0, 0.1) is 0 Å². The molecule has 0 amide bonds. The molecule has 2 unspecified atom stereocenters. The number of hydrogen-bond donors (Lipinski definition) is 1. The van der Waals surface area contributed by atoms with E-state index in [-0.39, 0.29) is 12.2 Å². The van der Waals surface area contributed by atoms with Crippen LogP contribution in [0.1, 0.15) is 13.8 Å². The largest absolute Gasteiger partial charge is 0.312 e. The number of hydrogen-bond acceptors (Lipinski definition) is 4. The molecule has 3 nitrogen and oxygen atoms in total. The van der Waals surface area contributed by atoms with Crippen LogP contribution in [-0.2, 0) is 20.9 Å². The molecule has 1 aliphatic rings. The van der Waals surface area contributed by atoms with Crippen molar-refractivity contribution in [2.45, 2.75) is 26.1 Å². The van der Waals surface area contributed by atoms with Gasteiger partial charge >= 0.3 is 5.69 Å². The minimum atomic E-state index is -2.02. The van der Waals surface area contributed by atoms with E-state index < -0.39 is 5.69 Å². The van der Waals surface area contributed by atoms with E-state index in [9.17, 15) is 0 Å². The molecule has 0 saturated carbocycles.